The second kappa shape index (κ2) is 7.59. The van der Waals surface area contributed by atoms with Crippen LogP contribution in [0, 0.1) is 13.8 Å². The molecule has 0 radical (unpaired) electrons. The van der Waals surface area contributed by atoms with Crippen LogP contribution in [0.4, 0.5) is 5.82 Å². The Morgan fingerprint density at radius 1 is 1.12 bits per heavy atom. The lowest BCUT2D eigenvalue weighted by Crippen LogP contribution is -2.48. The molecule has 0 aliphatic carbocycles. The summed E-state index contributed by atoms with van der Waals surface area (Å²) in [5.74, 6) is 1.13. The van der Waals surface area contributed by atoms with Gasteiger partial charge in [-0.1, -0.05) is 35.0 Å². The second-order valence-electron chi connectivity index (χ2n) is 6.41. The normalized spacial score (nSPS) is 16.2. The molecule has 0 atom stereocenters. The largest absolute Gasteiger partial charge is 0.360 e. The summed E-state index contributed by atoms with van der Waals surface area (Å²) < 4.78 is 4.95. The summed E-state index contributed by atoms with van der Waals surface area (Å²) in [4.78, 5) is 16.7. The molecule has 6 heteroatoms. The highest BCUT2D eigenvalue weighted by Gasteiger charge is 2.19. The molecule has 24 heavy (non-hydrogen) atoms. The molecular weight excluding hydrogens is 304 g/mol. The van der Waals surface area contributed by atoms with Gasteiger partial charge in [0.05, 0.1) is 6.54 Å². The highest BCUT2D eigenvalue weighted by Crippen LogP contribution is 2.11. The van der Waals surface area contributed by atoms with Gasteiger partial charge in [0.2, 0.25) is 5.91 Å². The molecule has 1 aliphatic heterocycles. The van der Waals surface area contributed by atoms with Crippen LogP contribution in [0.5, 0.6) is 0 Å². The summed E-state index contributed by atoms with van der Waals surface area (Å²) in [5.41, 5.74) is 2.63. The van der Waals surface area contributed by atoms with Gasteiger partial charge in [0.1, 0.15) is 5.76 Å². The minimum Gasteiger partial charge on any atom is -0.360 e. The van der Waals surface area contributed by atoms with Gasteiger partial charge in [-0.2, -0.15) is 0 Å². The summed E-state index contributed by atoms with van der Waals surface area (Å²) in [5, 5.41) is 6.55. The van der Waals surface area contributed by atoms with E-state index in [-0.39, 0.29) is 5.91 Å². The first-order chi connectivity index (χ1) is 11.6. The first kappa shape index (κ1) is 16.7. The van der Waals surface area contributed by atoms with Crippen LogP contribution in [0.3, 0.4) is 0 Å². The standard InChI is InChI=1S/C18H24N4O2/c1-14-3-5-16(6-4-14)12-21-7-9-22(10-8-21)13-18(23)19-17-11-15(2)24-20-17/h3-6,11H,7-10,12-13H2,1-2H3,(H,19,20,23). The maximum absolute atomic E-state index is 12.0. The maximum atomic E-state index is 12.0. The molecule has 2 aromatic rings. The van der Waals surface area contributed by atoms with Gasteiger partial charge >= 0.3 is 0 Å². The molecule has 0 unspecified atom stereocenters. The zero-order valence-corrected chi connectivity index (χ0v) is 14.3. The Labute approximate surface area is 142 Å². The molecule has 0 bridgehead atoms. The Bertz CT molecular complexity index is 673. The summed E-state index contributed by atoms with van der Waals surface area (Å²) >= 11 is 0. The maximum Gasteiger partial charge on any atom is 0.239 e. The number of hydrogen-bond donors (Lipinski definition) is 1. The van der Waals surface area contributed by atoms with Crippen molar-refractivity contribution < 1.29 is 9.32 Å². The third kappa shape index (κ3) is 4.66. The highest BCUT2D eigenvalue weighted by atomic mass is 16.5. The molecule has 3 rings (SSSR count). The van der Waals surface area contributed by atoms with Crippen LogP contribution in [0.25, 0.3) is 0 Å². The molecule has 1 N–H and O–H groups in total. The van der Waals surface area contributed by atoms with Crippen molar-refractivity contribution in [1.29, 1.82) is 0 Å². The van der Waals surface area contributed by atoms with E-state index in [4.69, 9.17) is 4.52 Å². The number of hydrogen-bond acceptors (Lipinski definition) is 5. The predicted octanol–water partition coefficient (Wildman–Crippen LogP) is 2.05. The predicted molar refractivity (Wildman–Crippen MR) is 92.8 cm³/mol. The van der Waals surface area contributed by atoms with E-state index < -0.39 is 0 Å². The number of carbonyl (C=O) groups is 1. The van der Waals surface area contributed by atoms with E-state index in [0.717, 1.165) is 32.7 Å². The molecule has 1 aromatic carbocycles. The first-order valence-corrected chi connectivity index (χ1v) is 8.32. The topological polar surface area (TPSA) is 61.6 Å². The van der Waals surface area contributed by atoms with E-state index in [2.05, 4.69) is 51.5 Å². The summed E-state index contributed by atoms with van der Waals surface area (Å²) in [6.45, 7) is 9.02. The molecule has 0 saturated carbocycles. The van der Waals surface area contributed by atoms with Crippen molar-refractivity contribution >= 4 is 11.7 Å². The average molecular weight is 328 g/mol. The van der Waals surface area contributed by atoms with Gasteiger partial charge in [0.25, 0.3) is 0 Å². The van der Waals surface area contributed by atoms with Gasteiger partial charge in [-0.05, 0) is 19.4 Å². The number of rotatable bonds is 5. The summed E-state index contributed by atoms with van der Waals surface area (Å²) in [6, 6.07) is 10.4. The van der Waals surface area contributed by atoms with Crippen LogP contribution >= 0.6 is 0 Å². The lowest BCUT2D eigenvalue weighted by Gasteiger charge is -2.34. The third-order valence-corrected chi connectivity index (χ3v) is 4.25. The lowest BCUT2D eigenvalue weighted by atomic mass is 10.1. The van der Waals surface area contributed by atoms with Crippen LogP contribution < -0.4 is 5.32 Å². The van der Waals surface area contributed by atoms with Crippen molar-refractivity contribution in [3.05, 3.63) is 47.2 Å². The number of benzene rings is 1. The molecule has 0 spiro atoms. The highest BCUT2D eigenvalue weighted by molar-refractivity contribution is 5.91. The number of carbonyl (C=O) groups excluding carboxylic acids is 1. The van der Waals surface area contributed by atoms with Crippen LogP contribution in [-0.2, 0) is 11.3 Å². The van der Waals surface area contributed by atoms with Crippen molar-refractivity contribution in [2.24, 2.45) is 0 Å². The molecule has 1 saturated heterocycles. The molecule has 1 amide bonds. The van der Waals surface area contributed by atoms with Gasteiger partial charge in [-0.3, -0.25) is 14.6 Å². The number of piperazine rings is 1. The molecule has 1 fully saturated rings. The molecule has 1 aliphatic rings. The smallest absolute Gasteiger partial charge is 0.239 e. The summed E-state index contributed by atoms with van der Waals surface area (Å²) in [7, 11) is 0. The van der Waals surface area contributed by atoms with Crippen molar-refractivity contribution in [1.82, 2.24) is 15.0 Å². The fraction of sp³-hybridized carbons (Fsp3) is 0.444. The van der Waals surface area contributed by atoms with Crippen LogP contribution in [0.1, 0.15) is 16.9 Å². The van der Waals surface area contributed by atoms with Crippen molar-refractivity contribution in [3.63, 3.8) is 0 Å². The molecule has 128 valence electrons. The third-order valence-electron chi connectivity index (χ3n) is 4.25. The SMILES string of the molecule is Cc1ccc(CN2CCN(CC(=O)Nc3cc(C)on3)CC2)cc1. The number of aryl methyl sites for hydroxylation is 2. The van der Waals surface area contributed by atoms with E-state index >= 15 is 0 Å². The monoisotopic (exact) mass is 328 g/mol. The fourth-order valence-electron chi connectivity index (χ4n) is 2.87. The van der Waals surface area contributed by atoms with E-state index in [1.807, 2.05) is 0 Å². The Hall–Kier alpha value is -2.18. The lowest BCUT2D eigenvalue weighted by molar-refractivity contribution is -0.117. The van der Waals surface area contributed by atoms with E-state index in [0.29, 0.717) is 18.1 Å². The van der Waals surface area contributed by atoms with Crippen molar-refractivity contribution in [3.8, 4) is 0 Å². The number of nitrogens with one attached hydrogen (secondary N) is 1. The van der Waals surface area contributed by atoms with Crippen molar-refractivity contribution in [2.45, 2.75) is 20.4 Å². The zero-order valence-electron chi connectivity index (χ0n) is 14.3. The quantitative estimate of drug-likeness (QED) is 0.910. The number of nitrogens with zero attached hydrogens (tertiary/aromatic N) is 3. The molecule has 6 nitrogen and oxygen atoms in total. The van der Waals surface area contributed by atoms with Crippen LogP contribution in [-0.4, -0.2) is 53.6 Å². The van der Waals surface area contributed by atoms with Gasteiger partial charge in [0, 0.05) is 38.8 Å². The van der Waals surface area contributed by atoms with Gasteiger partial charge in [-0.15, -0.1) is 0 Å². The second-order valence-corrected chi connectivity index (χ2v) is 6.41. The van der Waals surface area contributed by atoms with E-state index in [1.165, 1.54) is 11.1 Å². The van der Waals surface area contributed by atoms with Crippen molar-refractivity contribution in [2.75, 3.05) is 38.0 Å². The van der Waals surface area contributed by atoms with Crippen LogP contribution in [0.15, 0.2) is 34.9 Å². The molecule has 2 heterocycles. The first-order valence-electron chi connectivity index (χ1n) is 8.32. The number of amides is 1. The Kier molecular flexibility index (Phi) is 5.27. The Balaban J connectivity index is 1.41. The molecular formula is C18H24N4O2. The number of anilines is 1. The van der Waals surface area contributed by atoms with Gasteiger partial charge < -0.3 is 9.84 Å². The average Bonchev–Trinajstić information content (AvgIpc) is 2.96. The Morgan fingerprint density at radius 3 is 2.42 bits per heavy atom. The number of aromatic nitrogens is 1. The Morgan fingerprint density at radius 2 is 1.79 bits per heavy atom. The molecule has 1 aromatic heterocycles. The minimum atomic E-state index is -0.0460. The summed E-state index contributed by atoms with van der Waals surface area (Å²) in [6.07, 6.45) is 0. The van der Waals surface area contributed by atoms with Gasteiger partial charge in [0.15, 0.2) is 5.82 Å². The fourth-order valence-corrected chi connectivity index (χ4v) is 2.87. The van der Waals surface area contributed by atoms with Gasteiger partial charge in [-0.25, -0.2) is 0 Å². The van der Waals surface area contributed by atoms with E-state index in [9.17, 15) is 4.79 Å². The zero-order chi connectivity index (χ0) is 16.9. The van der Waals surface area contributed by atoms with E-state index in [1.54, 1.807) is 13.0 Å². The van der Waals surface area contributed by atoms with Crippen LogP contribution in [0.2, 0.25) is 0 Å². The minimum absolute atomic E-state index is 0.0460.